The Labute approximate surface area is 223 Å². The number of hydrogen-bond donors (Lipinski definition) is 3. The molecule has 0 spiro atoms. The van der Waals surface area contributed by atoms with Crippen LogP contribution >= 0.6 is 35.4 Å². The number of esters is 1. The van der Waals surface area contributed by atoms with Crippen LogP contribution in [-0.2, 0) is 20.7 Å². The molecule has 1 aliphatic rings. The standard InChI is InChI=1S/C24H23Cl2N3O6S/c1-24(2)22(34)28(14-5-7-18(27-3)17(26)10-14)23(36)29(24)15-4-6-16(25)13(8-15)9-21(33)35-12-20(32)19(31)11-30/h4-8,10,19-20,30-32H,9,11-12H2,1-2H3/t19-,20-/m0/s1. The molecule has 9 nitrogen and oxygen atoms in total. The fourth-order valence-electron chi connectivity index (χ4n) is 3.63. The Morgan fingerprint density at radius 2 is 1.81 bits per heavy atom. The molecule has 36 heavy (non-hydrogen) atoms. The Morgan fingerprint density at radius 3 is 2.42 bits per heavy atom. The Morgan fingerprint density at radius 1 is 1.14 bits per heavy atom. The average Bonchev–Trinajstić information content (AvgIpc) is 3.01. The molecule has 0 radical (unpaired) electrons. The third-order valence-electron chi connectivity index (χ3n) is 5.65. The summed E-state index contributed by atoms with van der Waals surface area (Å²) >= 11 is 18.1. The fraction of sp³-hybridized carbons (Fsp3) is 0.333. The molecule has 2 atom stereocenters. The van der Waals surface area contributed by atoms with Crippen LogP contribution in [0.1, 0.15) is 19.4 Å². The summed E-state index contributed by atoms with van der Waals surface area (Å²) in [5.74, 6) is -1.03. The first-order valence-electron chi connectivity index (χ1n) is 10.7. The van der Waals surface area contributed by atoms with E-state index in [9.17, 15) is 19.8 Å². The molecule has 0 bridgehead atoms. The SMILES string of the molecule is [C-]#[N+]c1ccc(N2C(=O)C(C)(C)N(c3ccc(Cl)c(CC(=O)OC[C@H](O)[C@@H](O)CO)c3)C2=S)cc1Cl. The van der Waals surface area contributed by atoms with Crippen molar-refractivity contribution in [1.29, 1.82) is 0 Å². The average molecular weight is 552 g/mol. The highest BCUT2D eigenvalue weighted by Gasteiger charge is 2.50. The number of ether oxygens (including phenoxy) is 1. The van der Waals surface area contributed by atoms with Gasteiger partial charge in [0.15, 0.2) is 5.11 Å². The van der Waals surface area contributed by atoms with Crippen molar-refractivity contribution >= 4 is 69.5 Å². The first kappa shape index (κ1) is 27.8. The maximum atomic E-state index is 13.4. The van der Waals surface area contributed by atoms with Crippen LogP contribution in [0.15, 0.2) is 36.4 Å². The van der Waals surface area contributed by atoms with Gasteiger partial charge in [-0.2, -0.15) is 0 Å². The summed E-state index contributed by atoms with van der Waals surface area (Å²) in [6.07, 6.45) is -3.12. The van der Waals surface area contributed by atoms with E-state index in [1.54, 1.807) is 43.0 Å². The van der Waals surface area contributed by atoms with Gasteiger partial charge < -0.3 is 25.0 Å². The van der Waals surface area contributed by atoms with Crippen LogP contribution < -0.4 is 9.80 Å². The lowest BCUT2D eigenvalue weighted by Gasteiger charge is -2.30. The van der Waals surface area contributed by atoms with E-state index < -0.39 is 36.9 Å². The first-order chi connectivity index (χ1) is 16.9. The van der Waals surface area contributed by atoms with Crippen molar-refractivity contribution in [3.63, 3.8) is 0 Å². The minimum Gasteiger partial charge on any atom is -0.463 e. The van der Waals surface area contributed by atoms with Crippen molar-refractivity contribution in [2.24, 2.45) is 0 Å². The van der Waals surface area contributed by atoms with Crippen molar-refractivity contribution in [3.05, 3.63) is 63.4 Å². The van der Waals surface area contributed by atoms with Gasteiger partial charge >= 0.3 is 5.97 Å². The molecule has 1 fully saturated rings. The quantitative estimate of drug-likeness (QED) is 0.260. The number of amides is 1. The molecular formula is C24H23Cl2N3O6S. The van der Waals surface area contributed by atoms with E-state index in [2.05, 4.69) is 4.85 Å². The second-order valence-corrected chi connectivity index (χ2v) is 9.70. The number of thiocarbonyl (C=S) groups is 1. The van der Waals surface area contributed by atoms with Gasteiger partial charge in [-0.3, -0.25) is 14.5 Å². The number of halogens is 2. The molecule has 2 aromatic rings. The van der Waals surface area contributed by atoms with Gasteiger partial charge in [0.2, 0.25) is 5.69 Å². The van der Waals surface area contributed by atoms with Gasteiger partial charge in [0.05, 0.1) is 25.3 Å². The fourth-order valence-corrected chi connectivity index (χ4v) is 4.56. The molecule has 0 unspecified atom stereocenters. The molecule has 2 aromatic carbocycles. The number of anilines is 2. The second-order valence-electron chi connectivity index (χ2n) is 8.52. The van der Waals surface area contributed by atoms with Crippen molar-refractivity contribution in [2.45, 2.75) is 38.0 Å². The molecule has 1 aliphatic heterocycles. The van der Waals surface area contributed by atoms with Gasteiger partial charge in [-0.05, 0) is 62.0 Å². The van der Waals surface area contributed by atoms with Gasteiger partial charge in [-0.25, -0.2) is 4.85 Å². The lowest BCUT2D eigenvalue weighted by Crippen LogP contribution is -2.44. The lowest BCUT2D eigenvalue weighted by molar-refractivity contribution is -0.148. The second kappa shape index (κ2) is 11.1. The normalized spacial score (nSPS) is 16.6. The molecule has 0 saturated carbocycles. The van der Waals surface area contributed by atoms with E-state index >= 15 is 0 Å². The molecule has 1 heterocycles. The van der Waals surface area contributed by atoms with Gasteiger partial charge in [0, 0.05) is 15.7 Å². The number of rotatable bonds is 8. The highest BCUT2D eigenvalue weighted by molar-refractivity contribution is 7.81. The molecule has 0 aromatic heterocycles. The molecule has 3 N–H and O–H groups in total. The number of hydrogen-bond acceptors (Lipinski definition) is 7. The summed E-state index contributed by atoms with van der Waals surface area (Å²) < 4.78 is 4.98. The summed E-state index contributed by atoms with van der Waals surface area (Å²) in [4.78, 5) is 32.0. The topological polar surface area (TPSA) is 115 Å². The van der Waals surface area contributed by atoms with Gasteiger partial charge in [-0.1, -0.05) is 29.3 Å². The Kier molecular flexibility index (Phi) is 8.56. The molecule has 1 amide bonds. The third kappa shape index (κ3) is 5.47. The Bertz CT molecular complexity index is 1250. The number of benzene rings is 2. The van der Waals surface area contributed by atoms with Gasteiger partial charge in [0.1, 0.15) is 24.4 Å². The van der Waals surface area contributed by atoms with Crippen LogP contribution in [-0.4, -0.2) is 63.3 Å². The van der Waals surface area contributed by atoms with E-state index in [4.69, 9.17) is 51.8 Å². The van der Waals surface area contributed by atoms with E-state index in [1.165, 1.54) is 17.0 Å². The van der Waals surface area contributed by atoms with Crippen LogP contribution in [0.5, 0.6) is 0 Å². The molecule has 3 rings (SSSR count). The molecule has 0 aliphatic carbocycles. The van der Waals surface area contributed by atoms with Gasteiger partial charge in [-0.15, -0.1) is 0 Å². The summed E-state index contributed by atoms with van der Waals surface area (Å²) in [5, 5.41) is 28.6. The minimum absolute atomic E-state index is 0.175. The molecule has 190 valence electrons. The summed E-state index contributed by atoms with van der Waals surface area (Å²) in [7, 11) is 0. The van der Waals surface area contributed by atoms with Crippen LogP contribution in [0.3, 0.4) is 0 Å². The zero-order valence-electron chi connectivity index (χ0n) is 19.3. The smallest absolute Gasteiger partial charge is 0.310 e. The minimum atomic E-state index is -1.43. The number of carbonyl (C=O) groups is 2. The van der Waals surface area contributed by atoms with Crippen molar-refractivity contribution in [2.75, 3.05) is 23.0 Å². The number of aliphatic hydroxyl groups excluding tert-OH is 3. The van der Waals surface area contributed by atoms with Crippen LogP contribution in [0, 0.1) is 6.57 Å². The van der Waals surface area contributed by atoms with E-state index in [0.29, 0.717) is 16.9 Å². The van der Waals surface area contributed by atoms with Gasteiger partial charge in [0.25, 0.3) is 5.91 Å². The predicted octanol–water partition coefficient (Wildman–Crippen LogP) is 3.26. The first-order valence-corrected chi connectivity index (χ1v) is 11.9. The number of carbonyl (C=O) groups excluding carboxylic acids is 2. The number of nitrogens with zero attached hydrogens (tertiary/aromatic N) is 3. The lowest BCUT2D eigenvalue weighted by atomic mass is 10.0. The highest BCUT2D eigenvalue weighted by atomic mass is 35.5. The summed E-state index contributed by atoms with van der Waals surface area (Å²) in [5.41, 5.74) is 0.470. The Balaban J connectivity index is 1.87. The van der Waals surface area contributed by atoms with Crippen LogP contribution in [0.25, 0.3) is 4.85 Å². The largest absolute Gasteiger partial charge is 0.463 e. The van der Waals surface area contributed by atoms with Crippen LogP contribution in [0.2, 0.25) is 10.0 Å². The zero-order valence-corrected chi connectivity index (χ0v) is 21.6. The van der Waals surface area contributed by atoms with Crippen molar-refractivity contribution in [1.82, 2.24) is 0 Å². The monoisotopic (exact) mass is 551 g/mol. The van der Waals surface area contributed by atoms with E-state index in [1.807, 2.05) is 0 Å². The third-order valence-corrected chi connectivity index (χ3v) is 6.68. The van der Waals surface area contributed by atoms with Crippen molar-refractivity contribution < 1.29 is 29.6 Å². The maximum absolute atomic E-state index is 13.4. The summed E-state index contributed by atoms with van der Waals surface area (Å²) in [6, 6.07) is 9.45. The zero-order chi connectivity index (χ0) is 26.8. The van der Waals surface area contributed by atoms with E-state index in [0.717, 1.165) is 0 Å². The predicted molar refractivity (Wildman–Crippen MR) is 140 cm³/mol. The summed E-state index contributed by atoms with van der Waals surface area (Å²) in [6.45, 7) is 9.39. The van der Waals surface area contributed by atoms with Crippen molar-refractivity contribution in [3.8, 4) is 0 Å². The maximum Gasteiger partial charge on any atom is 0.310 e. The molecule has 1 saturated heterocycles. The molecular weight excluding hydrogens is 529 g/mol. The highest BCUT2D eigenvalue weighted by Crippen LogP contribution is 2.39. The number of aliphatic hydroxyl groups is 3. The Hall–Kier alpha value is -2.78. The van der Waals surface area contributed by atoms with E-state index in [-0.39, 0.29) is 33.2 Å². The van der Waals surface area contributed by atoms with Crippen LogP contribution in [0.4, 0.5) is 17.1 Å². The molecule has 12 heteroatoms.